The summed E-state index contributed by atoms with van der Waals surface area (Å²) in [6.07, 6.45) is 2.40. The van der Waals surface area contributed by atoms with Gasteiger partial charge in [-0.1, -0.05) is 0 Å². The maximum atomic E-state index is 10.3. The summed E-state index contributed by atoms with van der Waals surface area (Å²) in [4.78, 5) is 14.5. The highest BCUT2D eigenvalue weighted by molar-refractivity contribution is 5.83. The smallest absolute Gasteiger partial charge is 0.305 e. The predicted molar refractivity (Wildman–Crippen MR) is 42.2 cm³/mol. The third-order valence-corrected chi connectivity index (χ3v) is 2.07. The molecule has 1 aliphatic heterocycles. The number of aliphatic imine (C=N–C) groups is 1. The Hall–Kier alpha value is -1.06. The minimum absolute atomic E-state index is 0.0935. The number of nitrogens with zero attached hydrogens (tertiary/aromatic N) is 1. The van der Waals surface area contributed by atoms with Crippen LogP contribution in [0.5, 0.6) is 0 Å². The molecular weight excluding hydrogens is 158 g/mol. The van der Waals surface area contributed by atoms with Crippen LogP contribution in [0.3, 0.4) is 0 Å². The normalized spacial score (nSPS) is 28.0. The summed E-state index contributed by atoms with van der Waals surface area (Å²) in [5.41, 5.74) is 0. The summed E-state index contributed by atoms with van der Waals surface area (Å²) in [7, 11) is 0. The molecule has 1 aliphatic carbocycles. The number of aliphatic carboxylic acids is 1. The lowest BCUT2D eigenvalue weighted by molar-refractivity contribution is -0.137. The van der Waals surface area contributed by atoms with Crippen molar-refractivity contribution in [2.24, 2.45) is 10.9 Å². The zero-order valence-corrected chi connectivity index (χ0v) is 6.69. The van der Waals surface area contributed by atoms with Crippen LogP contribution in [0.15, 0.2) is 4.99 Å². The van der Waals surface area contributed by atoms with Crippen LogP contribution in [0.2, 0.25) is 0 Å². The number of carboxylic acids is 1. The van der Waals surface area contributed by atoms with Gasteiger partial charge in [0.05, 0.1) is 12.5 Å². The first-order valence-corrected chi connectivity index (χ1v) is 4.18. The number of carboxylic acid groups (broad SMARTS) is 1. The maximum absolute atomic E-state index is 10.3. The predicted octanol–water partition coefficient (Wildman–Crippen LogP) is 0.668. The summed E-state index contributed by atoms with van der Waals surface area (Å²) in [6, 6.07) is -0.141. The van der Waals surface area contributed by atoms with E-state index >= 15 is 0 Å². The van der Waals surface area contributed by atoms with Gasteiger partial charge < -0.3 is 9.84 Å². The standard InChI is InChI=1S/C8H11NO3/c10-7(11)3-6-4-12-8(9-6)5-1-2-5/h5-6H,1-4H2,(H,10,11). The molecule has 1 saturated carbocycles. The number of hydrogen-bond donors (Lipinski definition) is 1. The van der Waals surface area contributed by atoms with Crippen LogP contribution >= 0.6 is 0 Å². The Morgan fingerprint density at radius 3 is 3.00 bits per heavy atom. The number of rotatable bonds is 3. The van der Waals surface area contributed by atoms with E-state index in [2.05, 4.69) is 4.99 Å². The average molecular weight is 169 g/mol. The Morgan fingerprint density at radius 2 is 2.42 bits per heavy atom. The van der Waals surface area contributed by atoms with Gasteiger partial charge in [-0.05, 0) is 12.8 Å². The van der Waals surface area contributed by atoms with Crippen molar-refractivity contribution in [1.82, 2.24) is 0 Å². The molecule has 4 nitrogen and oxygen atoms in total. The summed E-state index contributed by atoms with van der Waals surface area (Å²) in [6.45, 7) is 0.456. The first kappa shape index (κ1) is 7.58. The maximum Gasteiger partial charge on any atom is 0.305 e. The van der Waals surface area contributed by atoms with E-state index < -0.39 is 5.97 Å². The zero-order chi connectivity index (χ0) is 8.55. The van der Waals surface area contributed by atoms with E-state index in [0.717, 1.165) is 18.7 Å². The fourth-order valence-corrected chi connectivity index (χ4v) is 1.30. The molecule has 0 aromatic carbocycles. The van der Waals surface area contributed by atoms with Crippen molar-refractivity contribution in [3.8, 4) is 0 Å². The monoisotopic (exact) mass is 169 g/mol. The molecule has 0 aromatic heterocycles. The van der Waals surface area contributed by atoms with E-state index in [-0.39, 0.29) is 12.5 Å². The summed E-state index contributed by atoms with van der Waals surface area (Å²) < 4.78 is 5.28. The zero-order valence-electron chi connectivity index (χ0n) is 6.69. The van der Waals surface area contributed by atoms with Crippen molar-refractivity contribution < 1.29 is 14.6 Å². The molecular formula is C8H11NO3. The van der Waals surface area contributed by atoms with Crippen molar-refractivity contribution in [1.29, 1.82) is 0 Å². The summed E-state index contributed by atoms with van der Waals surface area (Å²) >= 11 is 0. The highest BCUT2D eigenvalue weighted by Gasteiger charge is 2.33. The molecule has 1 heterocycles. The molecule has 1 atom stereocenters. The van der Waals surface area contributed by atoms with E-state index in [1.54, 1.807) is 0 Å². The summed E-state index contributed by atoms with van der Waals surface area (Å²) in [5, 5.41) is 8.49. The van der Waals surface area contributed by atoms with Crippen LogP contribution < -0.4 is 0 Å². The van der Waals surface area contributed by atoms with E-state index in [1.165, 1.54) is 0 Å². The van der Waals surface area contributed by atoms with E-state index in [4.69, 9.17) is 9.84 Å². The number of hydrogen-bond acceptors (Lipinski definition) is 3. The highest BCUT2D eigenvalue weighted by atomic mass is 16.5. The van der Waals surface area contributed by atoms with Crippen molar-refractivity contribution in [2.45, 2.75) is 25.3 Å². The Morgan fingerprint density at radius 1 is 1.67 bits per heavy atom. The Kier molecular flexibility index (Phi) is 1.75. The topological polar surface area (TPSA) is 58.9 Å². The van der Waals surface area contributed by atoms with E-state index in [1.807, 2.05) is 0 Å². The van der Waals surface area contributed by atoms with E-state index in [9.17, 15) is 4.79 Å². The molecule has 1 N–H and O–H groups in total. The Labute approximate surface area is 70.2 Å². The lowest BCUT2D eigenvalue weighted by Crippen LogP contribution is -2.12. The van der Waals surface area contributed by atoms with Crippen LogP contribution in [-0.4, -0.2) is 29.6 Å². The van der Waals surface area contributed by atoms with Crippen LogP contribution in [-0.2, 0) is 9.53 Å². The third-order valence-electron chi connectivity index (χ3n) is 2.07. The molecule has 12 heavy (non-hydrogen) atoms. The first-order chi connectivity index (χ1) is 5.75. The third kappa shape index (κ3) is 1.57. The summed E-state index contributed by atoms with van der Waals surface area (Å²) in [5.74, 6) is 0.495. The second-order valence-electron chi connectivity index (χ2n) is 3.30. The van der Waals surface area contributed by atoms with Gasteiger partial charge in [0.2, 0.25) is 0 Å². The van der Waals surface area contributed by atoms with Crippen LogP contribution in [0, 0.1) is 5.92 Å². The van der Waals surface area contributed by atoms with Gasteiger partial charge >= 0.3 is 5.97 Å². The highest BCUT2D eigenvalue weighted by Crippen LogP contribution is 2.33. The minimum atomic E-state index is -0.801. The molecule has 0 saturated heterocycles. The largest absolute Gasteiger partial charge is 0.481 e. The van der Waals surface area contributed by atoms with Gasteiger partial charge in [0, 0.05) is 5.92 Å². The average Bonchev–Trinajstić information content (AvgIpc) is 2.73. The number of carbonyl (C=O) groups is 1. The van der Waals surface area contributed by atoms with Gasteiger partial charge in [0.25, 0.3) is 0 Å². The van der Waals surface area contributed by atoms with Crippen LogP contribution in [0.4, 0.5) is 0 Å². The molecule has 4 heteroatoms. The molecule has 2 rings (SSSR count). The molecule has 0 radical (unpaired) electrons. The SMILES string of the molecule is O=C(O)CC1COC(C2CC2)=N1. The van der Waals surface area contributed by atoms with Gasteiger partial charge in [-0.3, -0.25) is 4.79 Å². The van der Waals surface area contributed by atoms with Crippen LogP contribution in [0.25, 0.3) is 0 Å². The van der Waals surface area contributed by atoms with Gasteiger partial charge in [0.15, 0.2) is 5.90 Å². The molecule has 0 amide bonds. The van der Waals surface area contributed by atoms with Crippen molar-refractivity contribution in [2.75, 3.05) is 6.61 Å². The van der Waals surface area contributed by atoms with Crippen molar-refractivity contribution in [3.05, 3.63) is 0 Å². The van der Waals surface area contributed by atoms with Gasteiger partial charge in [-0.2, -0.15) is 0 Å². The van der Waals surface area contributed by atoms with Crippen LogP contribution in [0.1, 0.15) is 19.3 Å². The molecule has 1 fully saturated rings. The van der Waals surface area contributed by atoms with E-state index in [0.29, 0.717) is 12.5 Å². The quantitative estimate of drug-likeness (QED) is 0.675. The molecule has 66 valence electrons. The second kappa shape index (κ2) is 2.77. The molecule has 0 spiro atoms. The van der Waals surface area contributed by atoms with Crippen molar-refractivity contribution in [3.63, 3.8) is 0 Å². The van der Waals surface area contributed by atoms with Gasteiger partial charge in [0.1, 0.15) is 6.61 Å². The fourth-order valence-electron chi connectivity index (χ4n) is 1.30. The fraction of sp³-hybridized carbons (Fsp3) is 0.750. The lowest BCUT2D eigenvalue weighted by Gasteiger charge is -1.98. The molecule has 1 unspecified atom stereocenters. The molecule has 0 bridgehead atoms. The molecule has 2 aliphatic rings. The van der Waals surface area contributed by atoms with Crippen molar-refractivity contribution >= 4 is 11.9 Å². The van der Waals surface area contributed by atoms with Gasteiger partial charge in [-0.25, -0.2) is 4.99 Å². The molecule has 0 aromatic rings. The first-order valence-electron chi connectivity index (χ1n) is 4.18. The Balaban J connectivity index is 1.90. The lowest BCUT2D eigenvalue weighted by atomic mass is 10.2. The number of ether oxygens (including phenoxy) is 1. The minimum Gasteiger partial charge on any atom is -0.481 e. The second-order valence-corrected chi connectivity index (χ2v) is 3.30. The Bertz CT molecular complexity index is 232. The van der Waals surface area contributed by atoms with Gasteiger partial charge in [-0.15, -0.1) is 0 Å².